The van der Waals surface area contributed by atoms with Gasteiger partial charge < -0.3 is 10.0 Å². The second kappa shape index (κ2) is 6.33. The summed E-state index contributed by atoms with van der Waals surface area (Å²) < 4.78 is 0. The molecular weight excluding hydrogens is 282 g/mol. The van der Waals surface area contributed by atoms with Gasteiger partial charge in [0.2, 0.25) is 5.91 Å². The topological polar surface area (TPSA) is 40.5 Å². The normalized spacial score (nSPS) is 16.3. The highest BCUT2D eigenvalue weighted by Gasteiger charge is 2.34. The van der Waals surface area contributed by atoms with E-state index in [0.717, 1.165) is 10.5 Å². The Morgan fingerprint density at radius 2 is 1.62 bits per heavy atom. The molecular formula is C17H17NO2S. The van der Waals surface area contributed by atoms with Gasteiger partial charge in [-0.05, 0) is 17.7 Å². The number of nitrogens with zero attached hydrogens (tertiary/aromatic N) is 1. The molecule has 0 radical (unpaired) electrons. The minimum Gasteiger partial charge on any atom is -0.389 e. The van der Waals surface area contributed by atoms with Crippen molar-refractivity contribution in [2.24, 2.45) is 0 Å². The molecule has 0 saturated carbocycles. The number of β-amino-alcohol motifs (C(OH)–C–C–N with tert-alkyl or cyclic N) is 1. The molecule has 21 heavy (non-hydrogen) atoms. The molecule has 2 aromatic rings. The van der Waals surface area contributed by atoms with E-state index in [-0.39, 0.29) is 17.3 Å². The molecule has 108 valence electrons. The van der Waals surface area contributed by atoms with Crippen LogP contribution >= 0.6 is 11.8 Å². The molecule has 2 aromatic carbocycles. The second-order valence-corrected chi connectivity index (χ2v) is 6.30. The van der Waals surface area contributed by atoms with E-state index < -0.39 is 0 Å². The van der Waals surface area contributed by atoms with Crippen molar-refractivity contribution in [3.63, 3.8) is 0 Å². The van der Waals surface area contributed by atoms with Crippen molar-refractivity contribution in [1.29, 1.82) is 0 Å². The summed E-state index contributed by atoms with van der Waals surface area (Å²) in [4.78, 5) is 15.5. The molecule has 1 atom stereocenters. The maximum atomic E-state index is 12.7. The molecule has 1 fully saturated rings. The summed E-state index contributed by atoms with van der Waals surface area (Å²) in [5.41, 5.74) is 0.998. The van der Waals surface area contributed by atoms with Gasteiger partial charge in [0.25, 0.3) is 0 Å². The number of hydrogen-bond acceptors (Lipinski definition) is 3. The number of aliphatic hydroxyl groups excluding tert-OH is 1. The summed E-state index contributed by atoms with van der Waals surface area (Å²) in [6, 6.07) is 19.8. The number of amides is 1. The van der Waals surface area contributed by atoms with Crippen molar-refractivity contribution in [3.05, 3.63) is 66.2 Å². The zero-order chi connectivity index (χ0) is 14.7. The highest BCUT2D eigenvalue weighted by Crippen LogP contribution is 2.37. The van der Waals surface area contributed by atoms with Crippen LogP contribution in [0.15, 0.2) is 65.6 Å². The smallest absolute Gasteiger partial charge is 0.240 e. The summed E-state index contributed by atoms with van der Waals surface area (Å²) in [5.74, 6) is 0.0698. The third-order valence-corrected chi connectivity index (χ3v) is 4.75. The summed E-state index contributed by atoms with van der Waals surface area (Å²) in [7, 11) is 0. The predicted octanol–water partition coefficient (Wildman–Crippen LogP) is 2.72. The molecule has 1 unspecified atom stereocenters. The monoisotopic (exact) mass is 299 g/mol. The van der Waals surface area contributed by atoms with Crippen molar-refractivity contribution in [2.75, 3.05) is 13.1 Å². The van der Waals surface area contributed by atoms with E-state index in [1.807, 2.05) is 60.7 Å². The van der Waals surface area contributed by atoms with E-state index in [2.05, 4.69) is 0 Å². The molecule has 0 spiro atoms. The van der Waals surface area contributed by atoms with Crippen molar-refractivity contribution < 1.29 is 9.90 Å². The molecule has 0 aliphatic carbocycles. The van der Waals surface area contributed by atoms with E-state index in [4.69, 9.17) is 0 Å². The van der Waals surface area contributed by atoms with Crippen molar-refractivity contribution in [2.45, 2.75) is 16.2 Å². The Morgan fingerprint density at radius 3 is 2.19 bits per heavy atom. The molecule has 0 aromatic heterocycles. The molecule has 0 bridgehead atoms. The van der Waals surface area contributed by atoms with Gasteiger partial charge in [-0.25, -0.2) is 0 Å². The van der Waals surface area contributed by atoms with Gasteiger partial charge in [-0.15, -0.1) is 11.8 Å². The number of carbonyl (C=O) groups excluding carboxylic acids is 1. The van der Waals surface area contributed by atoms with Gasteiger partial charge in [-0.2, -0.15) is 0 Å². The zero-order valence-corrected chi connectivity index (χ0v) is 12.4. The first kappa shape index (κ1) is 14.2. The molecule has 3 nitrogen and oxygen atoms in total. The second-order valence-electron chi connectivity index (χ2n) is 5.12. The van der Waals surface area contributed by atoms with Crippen LogP contribution in [0, 0.1) is 0 Å². The minimum absolute atomic E-state index is 0.0698. The fraction of sp³-hybridized carbons (Fsp3) is 0.235. The number of thioether (sulfide) groups is 1. The van der Waals surface area contributed by atoms with Gasteiger partial charge in [-0.1, -0.05) is 48.5 Å². The van der Waals surface area contributed by atoms with Crippen LogP contribution in [0.3, 0.4) is 0 Å². The lowest BCUT2D eigenvalue weighted by Gasteiger charge is -2.38. The fourth-order valence-corrected chi connectivity index (χ4v) is 3.45. The molecule has 1 aliphatic heterocycles. The van der Waals surface area contributed by atoms with E-state index in [1.54, 1.807) is 16.7 Å². The van der Waals surface area contributed by atoms with Crippen LogP contribution in [0.2, 0.25) is 0 Å². The van der Waals surface area contributed by atoms with Crippen LogP contribution in [0.1, 0.15) is 10.8 Å². The highest BCUT2D eigenvalue weighted by atomic mass is 32.2. The van der Waals surface area contributed by atoms with Crippen molar-refractivity contribution in [3.8, 4) is 0 Å². The van der Waals surface area contributed by atoms with E-state index >= 15 is 0 Å². The molecule has 3 rings (SSSR count). The summed E-state index contributed by atoms with van der Waals surface area (Å²) in [6.45, 7) is 0.884. The van der Waals surface area contributed by atoms with Gasteiger partial charge in [-0.3, -0.25) is 4.79 Å². The fourth-order valence-electron chi connectivity index (χ4n) is 2.33. The summed E-state index contributed by atoms with van der Waals surface area (Å²) in [6.07, 6.45) is -0.368. The van der Waals surface area contributed by atoms with Gasteiger partial charge >= 0.3 is 0 Å². The van der Waals surface area contributed by atoms with E-state index in [0.29, 0.717) is 13.1 Å². The Labute approximate surface area is 128 Å². The molecule has 1 amide bonds. The Hall–Kier alpha value is -1.78. The van der Waals surface area contributed by atoms with Gasteiger partial charge in [0.15, 0.2) is 0 Å². The highest BCUT2D eigenvalue weighted by molar-refractivity contribution is 8.00. The SMILES string of the molecule is O=C(C(Sc1ccccc1)c1ccccc1)N1CC(O)C1. The first-order valence-electron chi connectivity index (χ1n) is 6.97. The Balaban J connectivity index is 1.83. The third kappa shape index (κ3) is 3.28. The largest absolute Gasteiger partial charge is 0.389 e. The van der Waals surface area contributed by atoms with Crippen LogP contribution in [-0.4, -0.2) is 35.1 Å². The van der Waals surface area contributed by atoms with Gasteiger partial charge in [0, 0.05) is 18.0 Å². The number of aliphatic hydroxyl groups is 1. The standard InChI is InChI=1S/C17H17NO2S/c19-14-11-18(12-14)17(20)16(13-7-3-1-4-8-13)21-15-9-5-2-6-10-15/h1-10,14,16,19H,11-12H2. The summed E-state index contributed by atoms with van der Waals surface area (Å²) >= 11 is 1.56. The van der Waals surface area contributed by atoms with Crippen LogP contribution in [0.5, 0.6) is 0 Å². The number of benzene rings is 2. The lowest BCUT2D eigenvalue weighted by molar-refractivity contribution is -0.140. The van der Waals surface area contributed by atoms with Crippen LogP contribution in [0.25, 0.3) is 0 Å². The Bertz CT molecular complexity index is 597. The van der Waals surface area contributed by atoms with Crippen LogP contribution in [-0.2, 0) is 4.79 Å². The van der Waals surface area contributed by atoms with Crippen LogP contribution < -0.4 is 0 Å². The van der Waals surface area contributed by atoms with Crippen LogP contribution in [0.4, 0.5) is 0 Å². The van der Waals surface area contributed by atoms with E-state index in [1.165, 1.54) is 0 Å². The predicted molar refractivity (Wildman–Crippen MR) is 84.1 cm³/mol. The summed E-state index contributed by atoms with van der Waals surface area (Å²) in [5, 5.41) is 9.15. The molecule has 1 saturated heterocycles. The molecule has 4 heteroatoms. The van der Waals surface area contributed by atoms with Crippen molar-refractivity contribution >= 4 is 17.7 Å². The molecule has 1 N–H and O–H groups in total. The third-order valence-electron chi connectivity index (χ3n) is 3.50. The maximum absolute atomic E-state index is 12.7. The lowest BCUT2D eigenvalue weighted by atomic mass is 10.1. The number of hydrogen-bond donors (Lipinski definition) is 1. The maximum Gasteiger partial charge on any atom is 0.240 e. The average Bonchev–Trinajstić information content (AvgIpc) is 2.51. The first-order chi connectivity index (χ1) is 10.2. The number of carbonyl (C=O) groups is 1. The minimum atomic E-state index is -0.368. The molecule has 1 heterocycles. The lowest BCUT2D eigenvalue weighted by Crippen LogP contribution is -2.54. The number of likely N-dealkylation sites (tertiary alicyclic amines) is 1. The van der Waals surface area contributed by atoms with Gasteiger partial charge in [0.1, 0.15) is 5.25 Å². The Kier molecular flexibility index (Phi) is 4.27. The zero-order valence-electron chi connectivity index (χ0n) is 11.6. The first-order valence-corrected chi connectivity index (χ1v) is 7.85. The Morgan fingerprint density at radius 1 is 1.05 bits per heavy atom. The average molecular weight is 299 g/mol. The number of rotatable bonds is 4. The van der Waals surface area contributed by atoms with E-state index in [9.17, 15) is 9.90 Å². The van der Waals surface area contributed by atoms with Gasteiger partial charge in [0.05, 0.1) is 6.10 Å². The van der Waals surface area contributed by atoms with Crippen molar-refractivity contribution in [1.82, 2.24) is 4.90 Å². The quantitative estimate of drug-likeness (QED) is 0.883. The molecule has 1 aliphatic rings.